The van der Waals surface area contributed by atoms with Crippen LogP contribution in [-0.4, -0.2) is 22.1 Å². The Bertz CT molecular complexity index is 472. The standard InChI is InChI=1S/C19H30N2OS/c1-14(2)18(23-19-10-6-7-11-21-19)13-17(22)16(20)12-15-8-4-3-5-9-15/h6-7,10-11,14-16,18H,3-5,8-9,12-13,20H2,1-2H3/t16-,18-/m0/s1. The zero-order valence-corrected chi connectivity index (χ0v) is 15.2. The molecule has 1 aliphatic rings. The molecule has 0 aliphatic heterocycles. The normalized spacial score (nSPS) is 18.8. The number of aromatic nitrogens is 1. The van der Waals surface area contributed by atoms with Gasteiger partial charge in [0.05, 0.1) is 11.1 Å². The summed E-state index contributed by atoms with van der Waals surface area (Å²) in [6, 6.07) is 5.62. The molecule has 1 aliphatic carbocycles. The van der Waals surface area contributed by atoms with Gasteiger partial charge in [-0.3, -0.25) is 4.79 Å². The van der Waals surface area contributed by atoms with Crippen LogP contribution in [0.3, 0.4) is 0 Å². The van der Waals surface area contributed by atoms with Crippen LogP contribution in [0.2, 0.25) is 0 Å². The number of Topliss-reactive ketones (excluding diaryl/α,β-unsaturated/α-hetero) is 1. The Kier molecular flexibility index (Phi) is 7.57. The highest BCUT2D eigenvalue weighted by Crippen LogP contribution is 2.31. The van der Waals surface area contributed by atoms with E-state index >= 15 is 0 Å². The maximum absolute atomic E-state index is 12.6. The molecule has 2 rings (SSSR count). The first-order valence-electron chi connectivity index (χ1n) is 8.92. The van der Waals surface area contributed by atoms with E-state index in [4.69, 9.17) is 5.73 Å². The molecule has 0 saturated heterocycles. The molecule has 3 nitrogen and oxygen atoms in total. The molecule has 0 unspecified atom stereocenters. The minimum atomic E-state index is -0.288. The van der Waals surface area contributed by atoms with Gasteiger partial charge in [0.1, 0.15) is 0 Å². The van der Waals surface area contributed by atoms with Gasteiger partial charge in [-0.2, -0.15) is 0 Å². The van der Waals surface area contributed by atoms with E-state index in [0.29, 0.717) is 18.3 Å². The maximum Gasteiger partial charge on any atom is 0.150 e. The molecule has 0 amide bonds. The Hall–Kier alpha value is -0.870. The first-order chi connectivity index (χ1) is 11.1. The summed E-state index contributed by atoms with van der Waals surface area (Å²) >= 11 is 1.70. The zero-order chi connectivity index (χ0) is 16.7. The molecule has 0 radical (unpaired) electrons. The molecule has 4 heteroatoms. The molecule has 0 bridgehead atoms. The lowest BCUT2D eigenvalue weighted by molar-refractivity contribution is -0.120. The fraction of sp³-hybridized carbons (Fsp3) is 0.684. The van der Waals surface area contributed by atoms with Gasteiger partial charge < -0.3 is 5.73 Å². The molecule has 0 aromatic carbocycles. The number of ketones is 1. The quantitative estimate of drug-likeness (QED) is 0.713. The van der Waals surface area contributed by atoms with Crippen molar-refractivity contribution in [2.75, 3.05) is 0 Å². The van der Waals surface area contributed by atoms with Crippen molar-refractivity contribution < 1.29 is 4.79 Å². The molecule has 1 saturated carbocycles. The molecular weight excluding hydrogens is 304 g/mol. The number of hydrogen-bond acceptors (Lipinski definition) is 4. The van der Waals surface area contributed by atoms with E-state index in [9.17, 15) is 4.79 Å². The number of rotatable bonds is 8. The first-order valence-corrected chi connectivity index (χ1v) is 9.80. The van der Waals surface area contributed by atoms with Crippen LogP contribution in [0.25, 0.3) is 0 Å². The molecule has 2 N–H and O–H groups in total. The van der Waals surface area contributed by atoms with Crippen LogP contribution < -0.4 is 5.73 Å². The smallest absolute Gasteiger partial charge is 0.150 e. The number of hydrogen-bond donors (Lipinski definition) is 1. The van der Waals surface area contributed by atoms with Crippen LogP contribution in [-0.2, 0) is 4.79 Å². The monoisotopic (exact) mass is 334 g/mol. The second kappa shape index (κ2) is 9.43. The average molecular weight is 335 g/mol. The van der Waals surface area contributed by atoms with Gasteiger partial charge in [-0.1, -0.05) is 52.0 Å². The third-order valence-corrected chi connectivity index (χ3v) is 6.28. The van der Waals surface area contributed by atoms with E-state index < -0.39 is 0 Å². The summed E-state index contributed by atoms with van der Waals surface area (Å²) < 4.78 is 0. The number of nitrogens with two attached hydrogens (primary N) is 1. The highest BCUT2D eigenvalue weighted by Gasteiger charge is 2.25. The van der Waals surface area contributed by atoms with E-state index in [1.165, 1.54) is 32.1 Å². The van der Waals surface area contributed by atoms with E-state index in [1.54, 1.807) is 18.0 Å². The highest BCUT2D eigenvalue weighted by atomic mass is 32.2. The summed E-state index contributed by atoms with van der Waals surface area (Å²) in [7, 11) is 0. The Labute approximate surface area is 144 Å². The van der Waals surface area contributed by atoms with Crippen LogP contribution in [0.15, 0.2) is 29.4 Å². The van der Waals surface area contributed by atoms with E-state index in [1.807, 2.05) is 18.2 Å². The predicted molar refractivity (Wildman–Crippen MR) is 97.5 cm³/mol. The number of nitrogens with zero attached hydrogens (tertiary/aromatic N) is 1. The summed E-state index contributed by atoms with van der Waals surface area (Å²) in [4.78, 5) is 16.9. The summed E-state index contributed by atoms with van der Waals surface area (Å²) in [5, 5.41) is 1.23. The third-order valence-electron chi connectivity index (χ3n) is 4.78. The lowest BCUT2D eigenvalue weighted by atomic mass is 9.83. The van der Waals surface area contributed by atoms with Gasteiger partial charge in [0.2, 0.25) is 0 Å². The summed E-state index contributed by atoms with van der Waals surface area (Å²) in [6.07, 6.45) is 9.66. The van der Waals surface area contributed by atoms with E-state index in [0.717, 1.165) is 11.4 Å². The second-order valence-electron chi connectivity index (χ2n) is 7.08. The minimum Gasteiger partial charge on any atom is -0.321 e. The van der Waals surface area contributed by atoms with Gasteiger partial charge in [-0.15, -0.1) is 11.8 Å². The van der Waals surface area contributed by atoms with Crippen molar-refractivity contribution in [1.29, 1.82) is 0 Å². The van der Waals surface area contributed by atoms with Crippen LogP contribution in [0.5, 0.6) is 0 Å². The average Bonchev–Trinajstić information content (AvgIpc) is 2.56. The second-order valence-corrected chi connectivity index (χ2v) is 8.34. The third kappa shape index (κ3) is 6.27. The lowest BCUT2D eigenvalue weighted by Crippen LogP contribution is -2.35. The number of thioether (sulfide) groups is 1. The fourth-order valence-electron chi connectivity index (χ4n) is 3.25. The molecular formula is C19H30N2OS. The van der Waals surface area contributed by atoms with Crippen LogP contribution in [0.1, 0.15) is 58.8 Å². The molecule has 23 heavy (non-hydrogen) atoms. The van der Waals surface area contributed by atoms with Crippen molar-refractivity contribution in [3.05, 3.63) is 24.4 Å². The van der Waals surface area contributed by atoms with E-state index in [-0.39, 0.29) is 17.1 Å². The Morgan fingerprint density at radius 1 is 1.30 bits per heavy atom. The van der Waals surface area contributed by atoms with Gasteiger partial charge in [0.15, 0.2) is 5.78 Å². The summed E-state index contributed by atoms with van der Waals surface area (Å²) in [5.41, 5.74) is 6.22. The van der Waals surface area contributed by atoms with Crippen molar-refractivity contribution in [1.82, 2.24) is 4.98 Å². The number of pyridine rings is 1. The van der Waals surface area contributed by atoms with Gasteiger partial charge in [0, 0.05) is 17.9 Å². The van der Waals surface area contributed by atoms with Crippen LogP contribution in [0.4, 0.5) is 0 Å². The molecule has 1 fully saturated rings. The van der Waals surface area contributed by atoms with Crippen molar-refractivity contribution in [2.24, 2.45) is 17.6 Å². The first kappa shape index (κ1) is 18.5. The molecule has 1 aromatic rings. The largest absolute Gasteiger partial charge is 0.321 e. The topological polar surface area (TPSA) is 56.0 Å². The summed E-state index contributed by atoms with van der Waals surface area (Å²) in [6.45, 7) is 4.33. The Morgan fingerprint density at radius 2 is 2.04 bits per heavy atom. The van der Waals surface area contributed by atoms with Gasteiger partial charge in [0.25, 0.3) is 0 Å². The predicted octanol–water partition coefficient (Wildman–Crippen LogP) is 4.46. The lowest BCUT2D eigenvalue weighted by Gasteiger charge is -2.25. The SMILES string of the molecule is CC(C)[C@H](CC(=O)[C@@H](N)CC1CCCCC1)Sc1ccccn1. The number of carbonyl (C=O) groups excluding carboxylic acids is 1. The summed E-state index contributed by atoms with van der Waals surface area (Å²) in [5.74, 6) is 1.30. The van der Waals surface area contributed by atoms with Gasteiger partial charge in [-0.25, -0.2) is 4.98 Å². The van der Waals surface area contributed by atoms with Crippen molar-refractivity contribution in [3.8, 4) is 0 Å². The van der Waals surface area contributed by atoms with Crippen molar-refractivity contribution in [2.45, 2.75) is 75.1 Å². The molecule has 0 spiro atoms. The van der Waals surface area contributed by atoms with Crippen molar-refractivity contribution >= 4 is 17.5 Å². The fourth-order valence-corrected chi connectivity index (χ4v) is 4.36. The van der Waals surface area contributed by atoms with E-state index in [2.05, 4.69) is 18.8 Å². The Balaban J connectivity index is 1.86. The van der Waals surface area contributed by atoms with Gasteiger partial charge in [-0.05, 0) is 30.4 Å². The Morgan fingerprint density at radius 3 is 2.65 bits per heavy atom. The van der Waals surface area contributed by atoms with Crippen LogP contribution >= 0.6 is 11.8 Å². The minimum absolute atomic E-state index is 0.220. The molecule has 128 valence electrons. The highest BCUT2D eigenvalue weighted by molar-refractivity contribution is 7.99. The van der Waals surface area contributed by atoms with Crippen molar-refractivity contribution in [3.63, 3.8) is 0 Å². The molecule has 2 atom stereocenters. The molecule has 1 heterocycles. The van der Waals surface area contributed by atoms with Gasteiger partial charge >= 0.3 is 0 Å². The van der Waals surface area contributed by atoms with Crippen LogP contribution in [0, 0.1) is 11.8 Å². The molecule has 1 aromatic heterocycles. The number of carbonyl (C=O) groups is 1. The zero-order valence-electron chi connectivity index (χ0n) is 14.4. The maximum atomic E-state index is 12.6.